The van der Waals surface area contributed by atoms with E-state index in [0.717, 1.165) is 43.1 Å². The second-order valence-electron chi connectivity index (χ2n) is 6.45. The molecule has 1 heterocycles. The Labute approximate surface area is 153 Å². The average Bonchev–Trinajstić information content (AvgIpc) is 2.74. The molecule has 2 aromatic carbocycles. The van der Waals surface area contributed by atoms with E-state index in [1.165, 1.54) is 12.5 Å². The first-order chi connectivity index (χ1) is 12.0. The predicted molar refractivity (Wildman–Crippen MR) is 101 cm³/mol. The molecule has 0 fully saturated rings. The number of benzene rings is 2. The first-order valence-corrected chi connectivity index (χ1v) is 8.95. The highest BCUT2D eigenvalue weighted by Crippen LogP contribution is 2.29. The lowest BCUT2D eigenvalue weighted by Crippen LogP contribution is -2.32. The molecule has 0 saturated carbocycles. The van der Waals surface area contributed by atoms with E-state index in [2.05, 4.69) is 29.3 Å². The minimum absolute atomic E-state index is 0.0570. The van der Waals surface area contributed by atoms with E-state index in [9.17, 15) is 4.79 Å². The Kier molecular flexibility index (Phi) is 5.61. The van der Waals surface area contributed by atoms with Crippen LogP contribution < -0.4 is 10.1 Å². The summed E-state index contributed by atoms with van der Waals surface area (Å²) >= 11 is 6.11. The predicted octanol–water partition coefficient (Wildman–Crippen LogP) is 4.47. The molecule has 1 amide bonds. The smallest absolute Gasteiger partial charge is 0.221 e. The number of anilines is 1. The van der Waals surface area contributed by atoms with Crippen molar-refractivity contribution in [2.45, 2.75) is 39.5 Å². The Bertz CT molecular complexity index is 746. The van der Waals surface area contributed by atoms with Gasteiger partial charge in [-0.1, -0.05) is 36.7 Å². The molecule has 0 unspecified atom stereocenters. The van der Waals surface area contributed by atoms with E-state index in [4.69, 9.17) is 16.3 Å². The molecule has 0 saturated heterocycles. The lowest BCUT2D eigenvalue weighted by molar-refractivity contribution is -0.114. The van der Waals surface area contributed by atoms with E-state index in [1.54, 1.807) is 0 Å². The maximum absolute atomic E-state index is 11.1. The molecule has 0 aliphatic carbocycles. The van der Waals surface area contributed by atoms with Gasteiger partial charge < -0.3 is 10.1 Å². The molecule has 4 nitrogen and oxygen atoms in total. The second-order valence-corrected chi connectivity index (χ2v) is 6.88. The van der Waals surface area contributed by atoms with Crippen LogP contribution in [0.1, 0.15) is 31.4 Å². The third kappa shape index (κ3) is 4.74. The van der Waals surface area contributed by atoms with E-state index in [0.29, 0.717) is 5.02 Å². The number of carbonyl (C=O) groups excluding carboxylic acids is 1. The first kappa shape index (κ1) is 17.8. The molecular weight excluding hydrogens is 336 g/mol. The summed E-state index contributed by atoms with van der Waals surface area (Å²) in [7, 11) is 0. The maximum atomic E-state index is 11.1. The number of amides is 1. The minimum atomic E-state index is -0.0570. The largest absolute Gasteiger partial charge is 0.489 e. The maximum Gasteiger partial charge on any atom is 0.221 e. The van der Waals surface area contributed by atoms with Crippen molar-refractivity contribution in [2.75, 3.05) is 11.9 Å². The quantitative estimate of drug-likeness (QED) is 0.876. The number of hydrogen-bond acceptors (Lipinski definition) is 3. The van der Waals surface area contributed by atoms with Crippen molar-refractivity contribution in [1.82, 2.24) is 4.90 Å². The Hall–Kier alpha value is -2.04. The molecule has 2 aromatic rings. The molecule has 0 spiro atoms. The van der Waals surface area contributed by atoms with Gasteiger partial charge in [-0.15, -0.1) is 0 Å². The minimum Gasteiger partial charge on any atom is -0.489 e. The lowest BCUT2D eigenvalue weighted by atomic mass is 10.1. The Morgan fingerprint density at radius 3 is 2.72 bits per heavy atom. The molecule has 1 atom stereocenters. The van der Waals surface area contributed by atoms with Crippen LogP contribution in [0.4, 0.5) is 5.69 Å². The molecule has 1 aliphatic rings. The van der Waals surface area contributed by atoms with Gasteiger partial charge in [0.1, 0.15) is 11.9 Å². The molecule has 5 heteroatoms. The zero-order valence-corrected chi connectivity index (χ0v) is 15.3. The van der Waals surface area contributed by atoms with Crippen LogP contribution in [0, 0.1) is 0 Å². The van der Waals surface area contributed by atoms with Crippen molar-refractivity contribution in [1.29, 1.82) is 0 Å². The molecule has 25 heavy (non-hydrogen) atoms. The van der Waals surface area contributed by atoms with E-state index < -0.39 is 0 Å². The van der Waals surface area contributed by atoms with Gasteiger partial charge in [-0.2, -0.15) is 0 Å². The fourth-order valence-corrected chi connectivity index (χ4v) is 3.23. The molecule has 0 bridgehead atoms. The average molecular weight is 359 g/mol. The molecule has 0 aromatic heterocycles. The number of ether oxygens (including phenoxy) is 1. The van der Waals surface area contributed by atoms with Crippen molar-refractivity contribution >= 4 is 23.2 Å². The van der Waals surface area contributed by atoms with Gasteiger partial charge in [-0.3, -0.25) is 9.69 Å². The van der Waals surface area contributed by atoms with Crippen LogP contribution in [0.5, 0.6) is 5.75 Å². The summed E-state index contributed by atoms with van der Waals surface area (Å²) in [5.74, 6) is 0.835. The fraction of sp³-hybridized carbons (Fsp3) is 0.350. The Morgan fingerprint density at radius 1 is 1.28 bits per heavy atom. The standard InChI is InChI=1S/C20H23ClN2O2/c1-3-19-13-23(12-16-6-7-17(21)10-20(16)25-19)11-15-4-8-18(9-5-15)22-14(2)24/h4-10,19H,3,11-13H2,1-2H3,(H,22,24)/t19-/m1/s1. The molecule has 1 N–H and O–H groups in total. The monoisotopic (exact) mass is 358 g/mol. The number of carbonyl (C=O) groups is 1. The summed E-state index contributed by atoms with van der Waals surface area (Å²) < 4.78 is 6.14. The molecule has 1 aliphatic heterocycles. The fourth-order valence-electron chi connectivity index (χ4n) is 3.07. The van der Waals surface area contributed by atoms with Crippen LogP contribution in [0.3, 0.4) is 0 Å². The van der Waals surface area contributed by atoms with Crippen LogP contribution in [0.15, 0.2) is 42.5 Å². The highest BCUT2D eigenvalue weighted by Gasteiger charge is 2.22. The number of nitrogens with zero attached hydrogens (tertiary/aromatic N) is 1. The molecule has 3 rings (SSSR count). The van der Waals surface area contributed by atoms with Crippen molar-refractivity contribution in [3.8, 4) is 5.75 Å². The lowest BCUT2D eigenvalue weighted by Gasteiger charge is -2.23. The molecular formula is C20H23ClN2O2. The summed E-state index contributed by atoms with van der Waals surface area (Å²) in [6, 6.07) is 13.9. The van der Waals surface area contributed by atoms with Gasteiger partial charge in [0.15, 0.2) is 0 Å². The Balaban J connectivity index is 1.75. The molecule has 0 radical (unpaired) electrons. The van der Waals surface area contributed by atoms with Gasteiger partial charge in [-0.25, -0.2) is 0 Å². The first-order valence-electron chi connectivity index (χ1n) is 8.57. The number of halogens is 1. The highest BCUT2D eigenvalue weighted by atomic mass is 35.5. The number of fused-ring (bicyclic) bond motifs is 1. The van der Waals surface area contributed by atoms with Crippen LogP contribution in [0.2, 0.25) is 5.02 Å². The zero-order chi connectivity index (χ0) is 17.8. The van der Waals surface area contributed by atoms with Crippen LogP contribution >= 0.6 is 11.6 Å². The zero-order valence-electron chi connectivity index (χ0n) is 14.6. The van der Waals surface area contributed by atoms with E-state index >= 15 is 0 Å². The summed E-state index contributed by atoms with van der Waals surface area (Å²) in [5.41, 5.74) is 3.19. The molecule has 132 valence electrons. The number of hydrogen-bond donors (Lipinski definition) is 1. The van der Waals surface area contributed by atoms with Gasteiger partial charge in [0.2, 0.25) is 5.91 Å². The van der Waals surface area contributed by atoms with Gasteiger partial charge >= 0.3 is 0 Å². The van der Waals surface area contributed by atoms with Crippen molar-refractivity contribution in [3.63, 3.8) is 0 Å². The van der Waals surface area contributed by atoms with Crippen LogP contribution in [0.25, 0.3) is 0 Å². The third-order valence-electron chi connectivity index (χ3n) is 4.31. The topological polar surface area (TPSA) is 41.6 Å². The summed E-state index contributed by atoms with van der Waals surface area (Å²) in [6.45, 7) is 6.19. The summed E-state index contributed by atoms with van der Waals surface area (Å²) in [6.07, 6.45) is 1.10. The van der Waals surface area contributed by atoms with Crippen molar-refractivity contribution in [3.05, 3.63) is 58.6 Å². The van der Waals surface area contributed by atoms with Crippen molar-refractivity contribution in [2.24, 2.45) is 0 Å². The van der Waals surface area contributed by atoms with Gasteiger partial charge in [0.25, 0.3) is 0 Å². The highest BCUT2D eigenvalue weighted by molar-refractivity contribution is 6.30. The Morgan fingerprint density at radius 2 is 2.04 bits per heavy atom. The number of rotatable bonds is 4. The summed E-state index contributed by atoms with van der Waals surface area (Å²) in [5, 5.41) is 3.50. The third-order valence-corrected chi connectivity index (χ3v) is 4.55. The van der Waals surface area contributed by atoms with Crippen LogP contribution in [-0.2, 0) is 17.9 Å². The van der Waals surface area contributed by atoms with E-state index in [-0.39, 0.29) is 12.0 Å². The normalized spacial score (nSPS) is 17.3. The van der Waals surface area contributed by atoms with Crippen LogP contribution in [-0.4, -0.2) is 23.5 Å². The van der Waals surface area contributed by atoms with Gasteiger partial charge in [0.05, 0.1) is 0 Å². The summed E-state index contributed by atoms with van der Waals surface area (Å²) in [4.78, 5) is 13.5. The van der Waals surface area contributed by atoms with Gasteiger partial charge in [0, 0.05) is 42.8 Å². The van der Waals surface area contributed by atoms with Crippen molar-refractivity contribution < 1.29 is 9.53 Å². The van der Waals surface area contributed by atoms with E-state index in [1.807, 2.05) is 30.3 Å². The number of nitrogens with one attached hydrogen (secondary N) is 1. The second kappa shape index (κ2) is 7.89. The van der Waals surface area contributed by atoms with Gasteiger partial charge in [-0.05, 0) is 36.2 Å². The SMILES string of the molecule is CC[C@@H]1CN(Cc2ccc(NC(C)=O)cc2)Cc2ccc(Cl)cc2O1.